The SMILES string of the molecule is CSc1cccc(F)c1CC1CCCN1. The first kappa shape index (κ1) is 11.0. The highest BCUT2D eigenvalue weighted by atomic mass is 32.2. The molecule has 1 unspecified atom stereocenters. The summed E-state index contributed by atoms with van der Waals surface area (Å²) in [4.78, 5) is 1.07. The van der Waals surface area contributed by atoms with Crippen molar-refractivity contribution in [3.05, 3.63) is 29.6 Å². The summed E-state index contributed by atoms with van der Waals surface area (Å²) in [5.41, 5.74) is 0.879. The third-order valence-electron chi connectivity index (χ3n) is 2.91. The minimum Gasteiger partial charge on any atom is -0.314 e. The van der Waals surface area contributed by atoms with Crippen LogP contribution in [-0.2, 0) is 6.42 Å². The van der Waals surface area contributed by atoms with Crippen LogP contribution in [0.5, 0.6) is 0 Å². The number of halogens is 1. The monoisotopic (exact) mass is 225 g/mol. The predicted molar refractivity (Wildman–Crippen MR) is 62.9 cm³/mol. The number of rotatable bonds is 3. The van der Waals surface area contributed by atoms with Gasteiger partial charge in [0.2, 0.25) is 0 Å². The van der Waals surface area contributed by atoms with Crippen molar-refractivity contribution in [1.29, 1.82) is 0 Å². The number of benzene rings is 1. The fourth-order valence-corrected chi connectivity index (χ4v) is 2.75. The number of thioether (sulfide) groups is 1. The molecule has 0 aliphatic carbocycles. The van der Waals surface area contributed by atoms with Gasteiger partial charge < -0.3 is 5.32 Å². The number of hydrogen-bond donors (Lipinski definition) is 1. The zero-order valence-electron chi connectivity index (χ0n) is 8.92. The Kier molecular flexibility index (Phi) is 3.65. The molecule has 0 bridgehead atoms. The van der Waals surface area contributed by atoms with Crippen LogP contribution >= 0.6 is 11.8 Å². The third-order valence-corrected chi connectivity index (χ3v) is 3.73. The maximum atomic E-state index is 13.6. The van der Waals surface area contributed by atoms with Crippen LogP contribution in [0.3, 0.4) is 0 Å². The predicted octanol–water partition coefficient (Wildman–Crippen LogP) is 2.84. The summed E-state index contributed by atoms with van der Waals surface area (Å²) in [7, 11) is 0. The summed E-state index contributed by atoms with van der Waals surface area (Å²) in [5, 5.41) is 3.41. The van der Waals surface area contributed by atoms with Crippen LogP contribution in [0.4, 0.5) is 4.39 Å². The first-order valence-corrected chi connectivity index (χ1v) is 6.58. The van der Waals surface area contributed by atoms with Gasteiger partial charge in [0.25, 0.3) is 0 Å². The Hall–Kier alpha value is -0.540. The summed E-state index contributed by atoms with van der Waals surface area (Å²) in [6, 6.07) is 5.81. The van der Waals surface area contributed by atoms with Gasteiger partial charge in [-0.1, -0.05) is 6.07 Å². The van der Waals surface area contributed by atoms with Gasteiger partial charge in [-0.05, 0) is 44.2 Å². The lowest BCUT2D eigenvalue weighted by atomic mass is 10.0. The van der Waals surface area contributed by atoms with E-state index in [0.29, 0.717) is 6.04 Å². The van der Waals surface area contributed by atoms with Crippen LogP contribution < -0.4 is 5.32 Å². The van der Waals surface area contributed by atoms with E-state index in [4.69, 9.17) is 0 Å². The van der Waals surface area contributed by atoms with Crippen molar-refractivity contribution in [2.75, 3.05) is 12.8 Å². The summed E-state index contributed by atoms with van der Waals surface area (Å²) in [6.07, 6.45) is 5.21. The Morgan fingerprint density at radius 2 is 2.40 bits per heavy atom. The van der Waals surface area contributed by atoms with Crippen molar-refractivity contribution < 1.29 is 4.39 Å². The van der Waals surface area contributed by atoms with Crippen LogP contribution in [-0.4, -0.2) is 18.8 Å². The molecular weight excluding hydrogens is 209 g/mol. The molecule has 1 N–H and O–H groups in total. The summed E-state index contributed by atoms with van der Waals surface area (Å²) in [6.45, 7) is 1.08. The van der Waals surface area contributed by atoms with Crippen molar-refractivity contribution in [1.82, 2.24) is 5.32 Å². The van der Waals surface area contributed by atoms with Crippen molar-refractivity contribution in [2.45, 2.75) is 30.2 Å². The minimum absolute atomic E-state index is 0.0597. The molecule has 0 aromatic heterocycles. The van der Waals surface area contributed by atoms with Crippen LogP contribution in [0.2, 0.25) is 0 Å². The molecule has 82 valence electrons. The molecule has 1 saturated heterocycles. The number of nitrogens with one attached hydrogen (secondary N) is 1. The second-order valence-corrected chi connectivity index (χ2v) is 4.77. The van der Waals surface area contributed by atoms with Crippen molar-refractivity contribution >= 4 is 11.8 Å². The second-order valence-electron chi connectivity index (χ2n) is 3.92. The van der Waals surface area contributed by atoms with Gasteiger partial charge in [0.15, 0.2) is 0 Å². The van der Waals surface area contributed by atoms with E-state index in [9.17, 15) is 4.39 Å². The fraction of sp³-hybridized carbons (Fsp3) is 0.500. The zero-order valence-corrected chi connectivity index (χ0v) is 9.74. The Bertz CT molecular complexity index is 334. The average molecular weight is 225 g/mol. The fourth-order valence-electron chi connectivity index (χ4n) is 2.11. The van der Waals surface area contributed by atoms with Crippen LogP contribution in [0.1, 0.15) is 18.4 Å². The third kappa shape index (κ3) is 2.52. The summed E-state index contributed by atoms with van der Waals surface area (Å²) < 4.78 is 13.6. The lowest BCUT2D eigenvalue weighted by molar-refractivity contribution is 0.553. The van der Waals surface area contributed by atoms with E-state index in [1.54, 1.807) is 23.9 Å². The van der Waals surface area contributed by atoms with Gasteiger partial charge in [0.1, 0.15) is 5.82 Å². The van der Waals surface area contributed by atoms with Gasteiger partial charge in [0.05, 0.1) is 0 Å². The first-order chi connectivity index (χ1) is 7.31. The molecule has 1 nitrogen and oxygen atoms in total. The Labute approximate surface area is 94.5 Å². The van der Waals surface area contributed by atoms with E-state index in [0.717, 1.165) is 23.4 Å². The van der Waals surface area contributed by atoms with E-state index in [1.165, 1.54) is 12.8 Å². The second kappa shape index (κ2) is 4.99. The maximum absolute atomic E-state index is 13.6. The lowest BCUT2D eigenvalue weighted by Gasteiger charge is -2.13. The maximum Gasteiger partial charge on any atom is 0.127 e. The van der Waals surface area contributed by atoms with E-state index in [2.05, 4.69) is 5.32 Å². The van der Waals surface area contributed by atoms with Gasteiger partial charge in [-0.25, -0.2) is 4.39 Å². The molecule has 3 heteroatoms. The van der Waals surface area contributed by atoms with Gasteiger partial charge in [-0.15, -0.1) is 11.8 Å². The quantitative estimate of drug-likeness (QED) is 0.794. The topological polar surface area (TPSA) is 12.0 Å². The van der Waals surface area contributed by atoms with Crippen LogP contribution in [0, 0.1) is 5.82 Å². The Morgan fingerprint density at radius 1 is 1.53 bits per heavy atom. The molecule has 1 aliphatic heterocycles. The highest BCUT2D eigenvalue weighted by Gasteiger charge is 2.18. The normalized spacial score (nSPS) is 20.8. The van der Waals surface area contributed by atoms with E-state index in [1.807, 2.05) is 12.3 Å². The summed E-state index contributed by atoms with van der Waals surface area (Å²) >= 11 is 1.63. The van der Waals surface area contributed by atoms with Crippen molar-refractivity contribution in [3.8, 4) is 0 Å². The lowest BCUT2D eigenvalue weighted by Crippen LogP contribution is -2.24. The van der Waals surface area contributed by atoms with Gasteiger partial charge in [-0.2, -0.15) is 0 Å². The van der Waals surface area contributed by atoms with Gasteiger partial charge in [0, 0.05) is 16.5 Å². The average Bonchev–Trinajstić information content (AvgIpc) is 2.74. The molecule has 1 fully saturated rings. The Morgan fingerprint density at radius 3 is 3.07 bits per heavy atom. The van der Waals surface area contributed by atoms with E-state index < -0.39 is 0 Å². The number of hydrogen-bond acceptors (Lipinski definition) is 2. The van der Waals surface area contributed by atoms with Crippen molar-refractivity contribution in [3.63, 3.8) is 0 Å². The van der Waals surface area contributed by atoms with Crippen LogP contribution in [0.15, 0.2) is 23.1 Å². The highest BCUT2D eigenvalue weighted by molar-refractivity contribution is 7.98. The smallest absolute Gasteiger partial charge is 0.127 e. The molecule has 1 aromatic carbocycles. The summed E-state index contributed by atoms with van der Waals surface area (Å²) in [5.74, 6) is -0.0597. The van der Waals surface area contributed by atoms with Crippen LogP contribution in [0.25, 0.3) is 0 Å². The minimum atomic E-state index is -0.0597. The molecular formula is C12H16FNS. The molecule has 1 atom stereocenters. The molecule has 2 rings (SSSR count). The molecule has 0 amide bonds. The Balaban J connectivity index is 2.17. The molecule has 1 heterocycles. The largest absolute Gasteiger partial charge is 0.314 e. The van der Waals surface area contributed by atoms with Gasteiger partial charge in [-0.3, -0.25) is 0 Å². The molecule has 0 radical (unpaired) electrons. The van der Waals surface area contributed by atoms with E-state index >= 15 is 0 Å². The first-order valence-electron chi connectivity index (χ1n) is 5.36. The standard InChI is InChI=1S/C12H16FNS/c1-15-12-6-2-5-11(13)10(12)8-9-4-3-7-14-9/h2,5-6,9,14H,3-4,7-8H2,1H3. The molecule has 0 saturated carbocycles. The van der Waals surface area contributed by atoms with Crippen molar-refractivity contribution in [2.24, 2.45) is 0 Å². The zero-order chi connectivity index (χ0) is 10.7. The molecule has 1 aromatic rings. The molecule has 1 aliphatic rings. The molecule has 15 heavy (non-hydrogen) atoms. The highest BCUT2D eigenvalue weighted by Crippen LogP contribution is 2.25. The molecule has 0 spiro atoms. The van der Waals surface area contributed by atoms with Gasteiger partial charge >= 0.3 is 0 Å². The van der Waals surface area contributed by atoms with E-state index in [-0.39, 0.29) is 5.82 Å².